The van der Waals surface area contributed by atoms with Gasteiger partial charge in [0, 0.05) is 31.4 Å². The van der Waals surface area contributed by atoms with E-state index in [0.29, 0.717) is 26.1 Å². The summed E-state index contributed by atoms with van der Waals surface area (Å²) >= 11 is 0. The normalized spacial score (nSPS) is 15.7. The Morgan fingerprint density at radius 2 is 1.97 bits per heavy atom. The van der Waals surface area contributed by atoms with Gasteiger partial charge in [0.15, 0.2) is 5.69 Å². The molecule has 0 bridgehead atoms. The fourth-order valence-corrected chi connectivity index (χ4v) is 4.31. The number of carbonyl (C=O) groups excluding carboxylic acids is 2. The molecule has 3 aromatic rings. The summed E-state index contributed by atoms with van der Waals surface area (Å²) in [5.74, 6) is -0.541. The van der Waals surface area contributed by atoms with Crippen LogP contribution in [0.4, 0.5) is 0 Å². The molecule has 8 heteroatoms. The Kier molecular flexibility index (Phi) is 5.34. The maximum Gasteiger partial charge on any atom is 0.276 e. The van der Waals surface area contributed by atoms with E-state index in [0.717, 1.165) is 36.0 Å². The average Bonchev–Trinajstić information content (AvgIpc) is 3.31. The first kappa shape index (κ1) is 20.2. The maximum absolute atomic E-state index is 13.4. The summed E-state index contributed by atoms with van der Waals surface area (Å²) in [6, 6.07) is 11.3. The van der Waals surface area contributed by atoms with Gasteiger partial charge in [0.05, 0.1) is 6.54 Å². The van der Waals surface area contributed by atoms with E-state index in [9.17, 15) is 14.4 Å². The quantitative estimate of drug-likeness (QED) is 0.668. The molecule has 2 amide bonds. The van der Waals surface area contributed by atoms with Crippen LogP contribution in [0.2, 0.25) is 0 Å². The number of hydrogen-bond donors (Lipinski definition) is 1. The van der Waals surface area contributed by atoms with Crippen molar-refractivity contribution in [2.24, 2.45) is 0 Å². The fraction of sp³-hybridized carbons (Fsp3) is 0.333. The standard InChI is InChI=1S/C24H24N4O4/c29-22(25-18-7-4-8-18)21-19-9-11-27(23(30)20-10-12-32-26-20)14-17(19)15-28(24(21)31)13-16-5-2-1-3-6-16/h1-3,5-6,10,12,15,18H,4,7-9,11,13-14H2,(H,25,29). The summed E-state index contributed by atoms with van der Waals surface area (Å²) in [6.45, 7) is 1.07. The Morgan fingerprint density at radius 3 is 2.66 bits per heavy atom. The van der Waals surface area contributed by atoms with E-state index >= 15 is 0 Å². The molecule has 1 aromatic carbocycles. The van der Waals surface area contributed by atoms with Gasteiger partial charge < -0.3 is 19.3 Å². The molecular weight excluding hydrogens is 408 g/mol. The van der Waals surface area contributed by atoms with E-state index in [-0.39, 0.29) is 34.7 Å². The number of pyridine rings is 1. The molecule has 0 unspecified atom stereocenters. The summed E-state index contributed by atoms with van der Waals surface area (Å²) in [5, 5.41) is 6.76. The Bertz CT molecular complexity index is 1200. The molecule has 2 aliphatic rings. The topological polar surface area (TPSA) is 97.4 Å². The van der Waals surface area contributed by atoms with E-state index in [1.807, 2.05) is 30.3 Å². The van der Waals surface area contributed by atoms with Crippen LogP contribution in [-0.4, -0.2) is 39.0 Å². The summed E-state index contributed by atoms with van der Waals surface area (Å²) in [7, 11) is 0. The van der Waals surface area contributed by atoms with Crippen molar-refractivity contribution in [2.75, 3.05) is 6.54 Å². The largest absolute Gasteiger partial charge is 0.364 e. The SMILES string of the molecule is O=C(NC1CCC1)c1c2c(cn(Cc3ccccc3)c1=O)CN(C(=O)c1ccon1)CC2. The van der Waals surface area contributed by atoms with Crippen molar-refractivity contribution in [3.8, 4) is 0 Å². The Balaban J connectivity index is 1.52. The molecule has 2 aromatic heterocycles. The number of amides is 2. The highest BCUT2D eigenvalue weighted by Crippen LogP contribution is 2.24. The molecule has 1 N–H and O–H groups in total. The number of nitrogens with one attached hydrogen (secondary N) is 1. The number of fused-ring (bicyclic) bond motifs is 1. The molecule has 1 aliphatic heterocycles. The van der Waals surface area contributed by atoms with Crippen LogP contribution in [0.15, 0.2) is 58.2 Å². The van der Waals surface area contributed by atoms with Crippen LogP contribution in [-0.2, 0) is 19.5 Å². The van der Waals surface area contributed by atoms with Gasteiger partial charge in [-0.05, 0) is 42.4 Å². The maximum atomic E-state index is 13.4. The van der Waals surface area contributed by atoms with Crippen LogP contribution in [0.3, 0.4) is 0 Å². The second-order valence-corrected chi connectivity index (χ2v) is 8.39. The summed E-state index contributed by atoms with van der Waals surface area (Å²) in [5.41, 5.74) is 2.67. The molecule has 3 heterocycles. The van der Waals surface area contributed by atoms with Gasteiger partial charge in [-0.1, -0.05) is 35.5 Å². The number of hydrogen-bond acceptors (Lipinski definition) is 5. The highest BCUT2D eigenvalue weighted by molar-refractivity contribution is 5.96. The van der Waals surface area contributed by atoms with Crippen LogP contribution in [0.5, 0.6) is 0 Å². The molecule has 0 radical (unpaired) electrons. The number of aromatic nitrogens is 2. The molecule has 5 rings (SSSR count). The minimum Gasteiger partial charge on any atom is -0.364 e. The van der Waals surface area contributed by atoms with E-state index < -0.39 is 0 Å². The number of benzene rings is 1. The zero-order valence-electron chi connectivity index (χ0n) is 17.6. The molecule has 32 heavy (non-hydrogen) atoms. The van der Waals surface area contributed by atoms with Crippen molar-refractivity contribution in [3.63, 3.8) is 0 Å². The van der Waals surface area contributed by atoms with E-state index in [1.54, 1.807) is 15.7 Å². The van der Waals surface area contributed by atoms with Crippen molar-refractivity contribution in [2.45, 2.75) is 44.8 Å². The second-order valence-electron chi connectivity index (χ2n) is 8.39. The molecular formula is C24H24N4O4. The van der Waals surface area contributed by atoms with E-state index in [1.165, 1.54) is 12.3 Å². The third kappa shape index (κ3) is 3.84. The Hall–Kier alpha value is -3.68. The van der Waals surface area contributed by atoms with Gasteiger partial charge in [-0.3, -0.25) is 14.4 Å². The van der Waals surface area contributed by atoms with Crippen LogP contribution in [0, 0.1) is 0 Å². The molecule has 164 valence electrons. The lowest BCUT2D eigenvalue weighted by Crippen LogP contribution is -2.45. The predicted octanol–water partition coefficient (Wildman–Crippen LogP) is 2.37. The first-order valence-electron chi connectivity index (χ1n) is 10.9. The van der Waals surface area contributed by atoms with Gasteiger partial charge >= 0.3 is 0 Å². The zero-order chi connectivity index (χ0) is 22.1. The lowest BCUT2D eigenvalue weighted by Gasteiger charge is -2.31. The lowest BCUT2D eigenvalue weighted by atomic mass is 9.91. The molecule has 0 saturated heterocycles. The van der Waals surface area contributed by atoms with Crippen molar-refractivity contribution >= 4 is 11.8 Å². The highest BCUT2D eigenvalue weighted by atomic mass is 16.5. The minimum absolute atomic E-state index is 0.133. The average molecular weight is 432 g/mol. The van der Waals surface area contributed by atoms with Crippen LogP contribution < -0.4 is 10.9 Å². The van der Waals surface area contributed by atoms with Gasteiger partial charge in [0.2, 0.25) is 0 Å². The number of carbonyl (C=O) groups is 2. The monoisotopic (exact) mass is 432 g/mol. The summed E-state index contributed by atoms with van der Waals surface area (Å²) in [6.07, 6.45) is 6.57. The van der Waals surface area contributed by atoms with Crippen molar-refractivity contribution in [1.29, 1.82) is 0 Å². The molecule has 0 spiro atoms. The molecule has 8 nitrogen and oxygen atoms in total. The third-order valence-corrected chi connectivity index (χ3v) is 6.28. The summed E-state index contributed by atoms with van der Waals surface area (Å²) < 4.78 is 6.38. The van der Waals surface area contributed by atoms with Gasteiger partial charge in [-0.25, -0.2) is 0 Å². The van der Waals surface area contributed by atoms with E-state index in [2.05, 4.69) is 10.5 Å². The first-order chi connectivity index (χ1) is 15.6. The van der Waals surface area contributed by atoms with Gasteiger partial charge in [0.25, 0.3) is 17.4 Å². The smallest absolute Gasteiger partial charge is 0.276 e. The minimum atomic E-state index is -0.311. The summed E-state index contributed by atoms with van der Waals surface area (Å²) in [4.78, 5) is 40.9. The lowest BCUT2D eigenvalue weighted by molar-refractivity contribution is 0.0723. The number of nitrogens with zero attached hydrogens (tertiary/aromatic N) is 3. The second kappa shape index (κ2) is 8.45. The van der Waals surface area contributed by atoms with Crippen LogP contribution >= 0.6 is 0 Å². The highest BCUT2D eigenvalue weighted by Gasteiger charge is 2.30. The zero-order valence-corrected chi connectivity index (χ0v) is 17.6. The predicted molar refractivity (Wildman–Crippen MR) is 116 cm³/mol. The fourth-order valence-electron chi connectivity index (χ4n) is 4.31. The Morgan fingerprint density at radius 1 is 1.16 bits per heavy atom. The van der Waals surface area contributed by atoms with Crippen molar-refractivity contribution < 1.29 is 14.1 Å². The molecule has 1 fully saturated rings. The molecule has 1 aliphatic carbocycles. The van der Waals surface area contributed by atoms with Crippen LogP contribution in [0.25, 0.3) is 0 Å². The van der Waals surface area contributed by atoms with Crippen molar-refractivity contribution in [3.05, 3.63) is 87.2 Å². The van der Waals surface area contributed by atoms with E-state index in [4.69, 9.17) is 4.52 Å². The molecule has 0 atom stereocenters. The third-order valence-electron chi connectivity index (χ3n) is 6.28. The van der Waals surface area contributed by atoms with Crippen LogP contribution in [0.1, 0.15) is 56.8 Å². The van der Waals surface area contributed by atoms with Gasteiger partial charge in [-0.2, -0.15) is 0 Å². The molecule has 1 saturated carbocycles. The number of rotatable bonds is 5. The van der Waals surface area contributed by atoms with Gasteiger partial charge in [0.1, 0.15) is 11.8 Å². The van der Waals surface area contributed by atoms with Crippen molar-refractivity contribution in [1.82, 2.24) is 19.9 Å². The first-order valence-corrected chi connectivity index (χ1v) is 10.9. The Labute approximate surface area is 184 Å². The van der Waals surface area contributed by atoms with Gasteiger partial charge in [-0.15, -0.1) is 0 Å².